The second-order valence-electron chi connectivity index (χ2n) is 25.9. The van der Waals surface area contributed by atoms with Crippen LogP contribution in [0.15, 0.2) is 155 Å². The lowest BCUT2D eigenvalue weighted by atomic mass is 9.80. The Morgan fingerprint density at radius 2 is 0.521 bits per heavy atom. The highest BCUT2D eigenvalue weighted by atomic mass is 79.9. The average molecular weight is 1410 g/mol. The highest BCUT2D eigenvalue weighted by Gasteiger charge is 2.44. The Morgan fingerprint density at radius 3 is 0.708 bits per heavy atom. The maximum Gasteiger partial charge on any atom is 0.266 e. The Labute approximate surface area is 573 Å². The summed E-state index contributed by atoms with van der Waals surface area (Å²) in [7, 11) is 0. The third kappa shape index (κ3) is 11.6. The Hall–Kier alpha value is -9.00. The van der Waals surface area contributed by atoms with Crippen molar-refractivity contribution in [1.29, 1.82) is 0 Å². The van der Waals surface area contributed by atoms with Gasteiger partial charge in [0.05, 0.1) is 33.6 Å². The van der Waals surface area contributed by atoms with Crippen LogP contribution in [0.3, 0.4) is 0 Å². The van der Waals surface area contributed by atoms with Gasteiger partial charge in [-0.15, -0.1) is 0 Å². The molecule has 0 fully saturated rings. The molecule has 13 rings (SSSR count). The number of hydrogen-bond acceptors (Lipinski definition) is 12. The molecule has 96 heavy (non-hydrogen) atoms. The lowest BCUT2D eigenvalue weighted by Crippen LogP contribution is -2.42. The van der Waals surface area contributed by atoms with E-state index in [9.17, 15) is 20.4 Å². The predicted octanol–water partition coefficient (Wildman–Crippen LogP) is 18.7. The lowest BCUT2D eigenvalue weighted by molar-refractivity contribution is 0.0877. The summed E-state index contributed by atoms with van der Waals surface area (Å²) in [6, 6.07) is 43.5. The number of carbonyl (C=O) groups is 4. The number of benzene rings is 11. The molecule has 14 nitrogen and oxygen atoms in total. The van der Waals surface area contributed by atoms with Crippen LogP contribution in [0.1, 0.15) is 165 Å². The molecular weight excluding hydrogens is 1340 g/mol. The van der Waals surface area contributed by atoms with E-state index in [1.54, 1.807) is 72.8 Å². The van der Waals surface area contributed by atoms with E-state index in [1.165, 1.54) is 9.80 Å². The van der Waals surface area contributed by atoms with Gasteiger partial charge in [-0.3, -0.25) is 19.2 Å². The summed E-state index contributed by atoms with van der Waals surface area (Å²) in [5, 5.41) is 42.6. The van der Waals surface area contributed by atoms with Crippen LogP contribution < -0.4 is 28.7 Å². The number of aliphatic hydroxyl groups excluding tert-OH is 4. The van der Waals surface area contributed by atoms with Crippen LogP contribution >= 0.6 is 31.9 Å². The number of halogens is 2. The standard InChI is InChI=1S/C80H72Br2N2O12/c1-41(2)55-33-49(81)34-56(42(3)4)75(55)83-77(89)59-37-63(93-51-17-9-45(10-18-51)25-29-85)69-71-65(95-53-21-13-47(14-22-53)27-31-87)39-61-68-62(80(92)84(79(61)91)76-57(43(5)6)35-50(82)36-58(76)44(7)8)40-66(96-54-23-15-48(16-24-54)28-32-88)72(74(68)71)70-64(38-60(78(83)90)67(59)73(69)70)94-52-19-11-46(12-20-52)26-30-86/h9-24,33-44,85-88H,25-32H2,1-8H3. The minimum atomic E-state index is -0.618. The number of imide groups is 2. The molecule has 2 aliphatic heterocycles. The van der Waals surface area contributed by atoms with E-state index in [0.29, 0.717) is 92.4 Å². The number of anilines is 2. The van der Waals surface area contributed by atoms with Gasteiger partial charge in [0.15, 0.2) is 0 Å². The van der Waals surface area contributed by atoms with E-state index < -0.39 is 23.6 Å². The van der Waals surface area contributed by atoms with Crippen molar-refractivity contribution in [3.8, 4) is 46.0 Å². The maximum absolute atomic E-state index is 16.5. The summed E-state index contributed by atoms with van der Waals surface area (Å²) < 4.78 is 30.7. The number of hydrogen-bond donors (Lipinski definition) is 4. The van der Waals surface area contributed by atoms with Gasteiger partial charge in [0.1, 0.15) is 46.0 Å². The van der Waals surface area contributed by atoms with Gasteiger partial charge >= 0.3 is 0 Å². The predicted molar refractivity (Wildman–Crippen MR) is 384 cm³/mol. The first-order valence-electron chi connectivity index (χ1n) is 32.5. The first kappa shape index (κ1) is 65.7. The first-order valence-corrected chi connectivity index (χ1v) is 34.1. The first-order chi connectivity index (χ1) is 46.2. The fraction of sp³-hybridized carbons (Fsp3) is 0.250. The topological polar surface area (TPSA) is 193 Å². The molecule has 488 valence electrons. The zero-order valence-corrected chi connectivity index (χ0v) is 57.7. The van der Waals surface area contributed by atoms with Crippen molar-refractivity contribution in [2.75, 3.05) is 36.2 Å². The minimum Gasteiger partial charge on any atom is -0.457 e. The monoisotopic (exact) mass is 1410 g/mol. The number of carbonyl (C=O) groups excluding carboxylic acids is 4. The Kier molecular flexibility index (Phi) is 18.2. The van der Waals surface area contributed by atoms with Crippen LogP contribution in [0.4, 0.5) is 11.4 Å². The second-order valence-corrected chi connectivity index (χ2v) is 27.8. The Bertz CT molecular complexity index is 4330. The van der Waals surface area contributed by atoms with E-state index in [1.807, 2.05) is 128 Å². The second kappa shape index (κ2) is 26.5. The molecule has 0 radical (unpaired) electrons. The van der Waals surface area contributed by atoms with Crippen LogP contribution in [0, 0.1) is 0 Å². The zero-order chi connectivity index (χ0) is 67.7. The molecular formula is C80H72Br2N2O12. The van der Waals surface area contributed by atoms with Crippen LogP contribution in [-0.2, 0) is 25.7 Å². The minimum absolute atomic E-state index is 0.0851. The smallest absolute Gasteiger partial charge is 0.266 e. The van der Waals surface area contributed by atoms with Crippen molar-refractivity contribution >= 4 is 110 Å². The van der Waals surface area contributed by atoms with Gasteiger partial charge in [0.2, 0.25) is 0 Å². The highest BCUT2D eigenvalue weighted by Crippen LogP contribution is 2.59. The van der Waals surface area contributed by atoms with E-state index in [-0.39, 0.29) is 106 Å². The largest absolute Gasteiger partial charge is 0.457 e. The molecule has 0 saturated carbocycles. The molecule has 4 N–H and O–H groups in total. The maximum atomic E-state index is 16.5. The van der Waals surface area contributed by atoms with E-state index in [4.69, 9.17) is 18.9 Å². The quantitative estimate of drug-likeness (QED) is 0.0286. The third-order valence-corrected chi connectivity index (χ3v) is 19.2. The van der Waals surface area contributed by atoms with E-state index in [0.717, 1.165) is 53.5 Å². The van der Waals surface area contributed by atoms with Gasteiger partial charge in [-0.2, -0.15) is 0 Å². The summed E-state index contributed by atoms with van der Waals surface area (Å²) in [6.07, 6.45) is 1.53. The third-order valence-electron chi connectivity index (χ3n) is 18.3. The Morgan fingerprint density at radius 1 is 0.312 bits per heavy atom. The average Bonchev–Trinajstić information content (AvgIpc) is 0.671. The van der Waals surface area contributed by atoms with Crippen molar-refractivity contribution in [3.05, 3.63) is 221 Å². The van der Waals surface area contributed by atoms with E-state index in [2.05, 4.69) is 31.9 Å². The molecule has 0 atom stereocenters. The number of nitrogens with zero attached hydrogens (tertiary/aromatic N) is 2. The Balaban J connectivity index is 1.25. The van der Waals surface area contributed by atoms with Crippen molar-refractivity contribution in [2.24, 2.45) is 0 Å². The summed E-state index contributed by atoms with van der Waals surface area (Å²) in [5.41, 5.74) is 7.83. The van der Waals surface area contributed by atoms with Crippen LogP contribution in [-0.4, -0.2) is 70.5 Å². The molecule has 0 saturated heterocycles. The lowest BCUT2D eigenvalue weighted by Gasteiger charge is -2.35. The summed E-state index contributed by atoms with van der Waals surface area (Å²) in [6.45, 7) is 15.8. The van der Waals surface area contributed by atoms with E-state index >= 15 is 19.2 Å². The summed E-state index contributed by atoms with van der Waals surface area (Å²) in [5.74, 6) is -1.13. The van der Waals surface area contributed by atoms with Gasteiger partial charge in [0.25, 0.3) is 23.6 Å². The SMILES string of the molecule is CC(C)c1cc(Br)cc(C(C)C)c1N1C(=O)c2cc(Oc3ccc(CCO)cc3)c3c4c(Oc5ccc(CCO)cc5)cc5c6c(cc(Oc7ccc(CCO)cc7)c(c7c(Oc8ccc(CCO)cc8)cc(c2c37)C1=O)c64)C(=O)N(c1c(C(C)C)cc(Br)cc1C(C)C)C5=O. The molecule has 2 heterocycles. The molecule has 11 aromatic carbocycles. The molecule has 0 bridgehead atoms. The fourth-order valence-corrected chi connectivity index (χ4v) is 14.7. The van der Waals surface area contributed by atoms with Gasteiger partial charge < -0.3 is 39.4 Å². The van der Waals surface area contributed by atoms with Crippen molar-refractivity contribution in [2.45, 2.75) is 105 Å². The van der Waals surface area contributed by atoms with Gasteiger partial charge in [-0.1, -0.05) is 136 Å². The normalized spacial score (nSPS) is 13.2. The molecule has 11 aromatic rings. The van der Waals surface area contributed by atoms with Crippen molar-refractivity contribution in [3.63, 3.8) is 0 Å². The van der Waals surface area contributed by atoms with Gasteiger partial charge in [-0.25, -0.2) is 9.80 Å². The van der Waals surface area contributed by atoms with Gasteiger partial charge in [0, 0.05) is 78.5 Å². The van der Waals surface area contributed by atoms with Crippen LogP contribution in [0.2, 0.25) is 0 Å². The molecule has 4 amide bonds. The fourth-order valence-electron chi connectivity index (χ4n) is 13.7. The van der Waals surface area contributed by atoms with Crippen LogP contribution in [0.25, 0.3) is 43.1 Å². The molecule has 0 unspecified atom stereocenters. The number of aliphatic hydroxyl groups is 4. The molecule has 2 aliphatic rings. The van der Waals surface area contributed by atoms with Gasteiger partial charge in [-0.05, 0) is 191 Å². The molecule has 0 aromatic heterocycles. The summed E-state index contributed by atoms with van der Waals surface area (Å²) in [4.78, 5) is 68.4. The number of rotatable bonds is 22. The zero-order valence-electron chi connectivity index (χ0n) is 54.5. The molecule has 16 heteroatoms. The highest BCUT2D eigenvalue weighted by molar-refractivity contribution is 9.10. The number of fused-ring (bicyclic) bond motifs is 2. The molecule has 0 aliphatic carbocycles. The number of ether oxygens (including phenoxy) is 4. The molecule has 0 spiro atoms. The summed E-state index contributed by atoms with van der Waals surface area (Å²) >= 11 is 7.50. The number of amides is 4. The van der Waals surface area contributed by atoms with Crippen molar-refractivity contribution < 1.29 is 58.6 Å². The van der Waals surface area contributed by atoms with Crippen molar-refractivity contribution in [1.82, 2.24) is 0 Å². The van der Waals surface area contributed by atoms with Crippen LogP contribution in [0.5, 0.6) is 46.0 Å².